The molecule has 0 bridgehead atoms. The lowest BCUT2D eigenvalue weighted by molar-refractivity contribution is 0.590. The summed E-state index contributed by atoms with van der Waals surface area (Å²) in [6.07, 6.45) is 0. The summed E-state index contributed by atoms with van der Waals surface area (Å²) in [5, 5.41) is 1.26. The van der Waals surface area contributed by atoms with E-state index in [0.29, 0.717) is 5.56 Å². The number of rotatable bonds is 5. The van der Waals surface area contributed by atoms with Crippen molar-refractivity contribution in [3.63, 3.8) is 0 Å². The van der Waals surface area contributed by atoms with E-state index in [4.69, 9.17) is 4.11 Å². The van der Waals surface area contributed by atoms with Crippen molar-refractivity contribution in [2.45, 2.75) is 119 Å². The highest BCUT2D eigenvalue weighted by atomic mass is 32.1. The zero-order valence-corrected chi connectivity index (χ0v) is 42.5. The van der Waals surface area contributed by atoms with E-state index in [9.17, 15) is 0 Å². The Morgan fingerprint density at radius 3 is 1.45 bits per heavy atom. The molecule has 0 radical (unpaired) electrons. The minimum absolute atomic E-state index is 0.0127. The lowest BCUT2D eigenvalue weighted by Crippen LogP contribution is -2.60. The molecule has 0 saturated carbocycles. The minimum atomic E-state index is -2.22. The number of thiophene rings is 1. The molecule has 67 heavy (non-hydrogen) atoms. The van der Waals surface area contributed by atoms with Gasteiger partial charge in [-0.1, -0.05) is 161 Å². The summed E-state index contributed by atoms with van der Waals surface area (Å²) in [4.78, 5) is 7.37. The molecular weight excluding hydrogens is 830 g/mol. The third-order valence-corrected chi connectivity index (χ3v) is 15.3. The van der Waals surface area contributed by atoms with Crippen LogP contribution in [0.3, 0.4) is 0 Å². The summed E-state index contributed by atoms with van der Waals surface area (Å²) in [5.74, 6) is 0. The highest BCUT2D eigenvalue weighted by Gasteiger charge is 2.46. The van der Waals surface area contributed by atoms with E-state index in [-0.39, 0.29) is 28.4 Å². The van der Waals surface area contributed by atoms with Crippen molar-refractivity contribution in [3.05, 3.63) is 179 Å². The smallest absolute Gasteiger partial charge is 0.264 e. The van der Waals surface area contributed by atoms with Gasteiger partial charge in [-0.3, -0.25) is 0 Å². The van der Waals surface area contributed by atoms with E-state index in [1.54, 1.807) is 12.1 Å². The quantitative estimate of drug-likeness (QED) is 0.159. The van der Waals surface area contributed by atoms with Gasteiger partial charge in [-0.2, -0.15) is 0 Å². The van der Waals surface area contributed by atoms with Gasteiger partial charge in [0.05, 0.1) is 11.4 Å². The second-order valence-corrected chi connectivity index (χ2v) is 24.2. The third kappa shape index (κ3) is 7.87. The Balaban J connectivity index is 1.36. The van der Waals surface area contributed by atoms with Crippen LogP contribution in [0.1, 0.15) is 121 Å². The van der Waals surface area contributed by atoms with Gasteiger partial charge in [0, 0.05) is 58.8 Å². The lowest BCUT2D eigenvalue weighted by Gasteiger charge is -2.44. The molecule has 338 valence electrons. The zero-order chi connectivity index (χ0) is 50.0. The fourth-order valence-electron chi connectivity index (χ4n) is 10.1. The molecule has 0 amide bonds. The van der Waals surface area contributed by atoms with Crippen molar-refractivity contribution >= 4 is 95.0 Å². The van der Waals surface area contributed by atoms with E-state index < -0.39 is 6.85 Å². The Morgan fingerprint density at radius 2 is 0.925 bits per heavy atom. The normalized spacial score (nSPS) is 14.6. The average Bonchev–Trinajstić information content (AvgIpc) is 3.67. The van der Waals surface area contributed by atoms with Gasteiger partial charge in [-0.25, -0.2) is 0 Å². The Morgan fingerprint density at radius 1 is 0.463 bits per heavy atom. The van der Waals surface area contributed by atoms with Gasteiger partial charge >= 0.3 is 0 Å². The van der Waals surface area contributed by atoms with Gasteiger partial charge < -0.3 is 14.7 Å². The van der Waals surface area contributed by atoms with Crippen LogP contribution < -0.4 is 30.4 Å². The predicted molar refractivity (Wildman–Crippen MR) is 295 cm³/mol. The van der Waals surface area contributed by atoms with E-state index >= 15 is 0 Å². The van der Waals surface area contributed by atoms with Crippen molar-refractivity contribution < 1.29 is 4.11 Å². The van der Waals surface area contributed by atoms with Gasteiger partial charge in [0.25, 0.3) is 6.71 Å². The van der Waals surface area contributed by atoms with Crippen LogP contribution in [0.25, 0.3) is 10.1 Å². The Hall–Kier alpha value is -6.04. The molecular formula is C62H66BN3S. The van der Waals surface area contributed by atoms with Crippen molar-refractivity contribution in [1.82, 2.24) is 0 Å². The van der Waals surface area contributed by atoms with E-state index in [2.05, 4.69) is 226 Å². The molecule has 5 heteroatoms. The highest BCUT2D eigenvalue weighted by Crippen LogP contribution is 2.51. The van der Waals surface area contributed by atoms with Gasteiger partial charge in [-0.05, 0) is 147 Å². The van der Waals surface area contributed by atoms with Gasteiger partial charge in [0.2, 0.25) is 0 Å². The number of anilines is 9. The molecule has 0 unspecified atom stereocenters. The molecule has 0 spiro atoms. The van der Waals surface area contributed by atoms with E-state index in [1.807, 2.05) is 23.5 Å². The SMILES string of the molecule is [2H]C([2H])([2H])c1ccc(N(c2ccc(C)cc2)c2cc3c4c(c2)N(c2ccc(C(C)(C)C)cc2)c2c(sc5ccc(C(C)(C)C)cc25)B4c2cc(C(C)(C)C)ccc2N3c2ccc(C(C)(C)C)cc2)cc1. The van der Waals surface area contributed by atoms with Crippen molar-refractivity contribution in [2.75, 3.05) is 14.7 Å². The van der Waals surface area contributed by atoms with Gasteiger partial charge in [0.15, 0.2) is 0 Å². The van der Waals surface area contributed by atoms with E-state index in [1.165, 1.54) is 59.4 Å². The fourth-order valence-corrected chi connectivity index (χ4v) is 11.4. The second kappa shape index (κ2) is 15.8. The molecule has 0 fully saturated rings. The third-order valence-electron chi connectivity index (χ3n) is 14.0. The molecule has 0 N–H and O–H groups in total. The monoisotopic (exact) mass is 899 g/mol. The van der Waals surface area contributed by atoms with Crippen LogP contribution in [-0.2, 0) is 21.7 Å². The largest absolute Gasteiger partial charge is 0.311 e. The maximum Gasteiger partial charge on any atom is 0.264 e. The van der Waals surface area contributed by atoms with Crippen LogP contribution in [0.2, 0.25) is 0 Å². The second-order valence-electron chi connectivity index (χ2n) is 23.1. The average molecular weight is 899 g/mol. The summed E-state index contributed by atoms with van der Waals surface area (Å²) in [7, 11) is 0. The number of hydrogen-bond donors (Lipinski definition) is 0. The fraction of sp³-hybridized carbons (Fsp3) is 0.290. The molecule has 3 heterocycles. The van der Waals surface area contributed by atoms with Crippen molar-refractivity contribution in [1.29, 1.82) is 0 Å². The highest BCUT2D eigenvalue weighted by molar-refractivity contribution is 7.33. The van der Waals surface area contributed by atoms with Crippen LogP contribution in [-0.4, -0.2) is 6.71 Å². The molecule has 0 aliphatic carbocycles. The predicted octanol–water partition coefficient (Wildman–Crippen LogP) is 16.3. The molecule has 2 aliphatic heterocycles. The molecule has 2 aliphatic rings. The summed E-state index contributed by atoms with van der Waals surface area (Å²) >= 11 is 1.93. The minimum Gasteiger partial charge on any atom is -0.311 e. The maximum absolute atomic E-state index is 8.25. The summed E-state index contributed by atoms with van der Waals surface area (Å²) < 4.78 is 27.4. The molecule has 3 nitrogen and oxygen atoms in total. The summed E-state index contributed by atoms with van der Waals surface area (Å²) in [6, 6.07) is 53.7. The van der Waals surface area contributed by atoms with Crippen LogP contribution in [0.15, 0.2) is 146 Å². The molecule has 8 aromatic rings. The topological polar surface area (TPSA) is 9.72 Å². The standard InChI is InChI=1S/C62H66BN3S/c1-39-15-25-45(26-16-39)64(46-27-17-40(2)18-28-46)49-37-53-56-54(38-49)66(48-31-21-42(22-32-48)60(6,7)8)57-50-35-43(61(9,10)11)24-34-55(50)67-58(57)63(56)51-36-44(62(12,13)14)23-33-52(51)65(53)47-29-19-41(20-30-47)59(3,4)5/h15-38H,1-14H3/i1D3. The Bertz CT molecular complexity index is 3290. The lowest BCUT2D eigenvalue weighted by atomic mass is 9.36. The number of nitrogens with zero attached hydrogens (tertiary/aromatic N) is 3. The number of fused-ring (bicyclic) bond motifs is 6. The molecule has 0 atom stereocenters. The molecule has 7 aromatic carbocycles. The Labute approximate surface area is 409 Å². The van der Waals surface area contributed by atoms with E-state index in [0.717, 1.165) is 45.4 Å². The number of hydrogen-bond acceptors (Lipinski definition) is 4. The first-order chi connectivity index (χ1) is 32.8. The molecule has 0 saturated heterocycles. The summed E-state index contributed by atoms with van der Waals surface area (Å²) in [6.45, 7) is 27.4. The maximum atomic E-state index is 8.25. The molecule has 1 aromatic heterocycles. The summed E-state index contributed by atoms with van der Waals surface area (Å²) in [5.41, 5.74) is 18.7. The van der Waals surface area contributed by atoms with Crippen LogP contribution in [0, 0.1) is 13.8 Å². The van der Waals surface area contributed by atoms with Crippen LogP contribution >= 0.6 is 11.3 Å². The van der Waals surface area contributed by atoms with Crippen molar-refractivity contribution in [3.8, 4) is 0 Å². The van der Waals surface area contributed by atoms with Crippen LogP contribution in [0.4, 0.5) is 51.2 Å². The Kier molecular flexibility index (Phi) is 9.69. The van der Waals surface area contributed by atoms with Crippen LogP contribution in [0.5, 0.6) is 0 Å². The van der Waals surface area contributed by atoms with Gasteiger partial charge in [-0.15, -0.1) is 11.3 Å². The zero-order valence-electron chi connectivity index (χ0n) is 44.7. The van der Waals surface area contributed by atoms with Crippen molar-refractivity contribution in [2.24, 2.45) is 0 Å². The first-order valence-corrected chi connectivity index (χ1v) is 24.8. The first kappa shape index (κ1) is 41.2. The number of aryl methyl sites for hydroxylation is 2. The first-order valence-electron chi connectivity index (χ1n) is 25.5. The number of benzene rings is 7. The van der Waals surface area contributed by atoms with Gasteiger partial charge in [0.1, 0.15) is 0 Å². The molecule has 10 rings (SSSR count).